The Labute approximate surface area is 101 Å². The molecule has 16 heavy (non-hydrogen) atoms. The number of nitrogens with zero attached hydrogens (tertiary/aromatic N) is 1. The molecule has 0 amide bonds. The molecule has 0 bridgehead atoms. The third-order valence-electron chi connectivity index (χ3n) is 2.65. The SMILES string of the molecule is CC1CCN(CCS(C)(=O)=O)CC1.CCC. The number of hydrogen-bond acceptors (Lipinski definition) is 3. The molecule has 0 unspecified atom stereocenters. The normalized spacial score (nSPS) is 19.0. The molecule has 1 saturated heterocycles. The maximum atomic E-state index is 10.9. The van der Waals surface area contributed by atoms with Gasteiger partial charge in [-0.15, -0.1) is 0 Å². The minimum atomic E-state index is -2.78. The van der Waals surface area contributed by atoms with Crippen molar-refractivity contribution in [2.45, 2.75) is 40.0 Å². The lowest BCUT2D eigenvalue weighted by Crippen LogP contribution is -2.36. The molecule has 0 saturated carbocycles. The van der Waals surface area contributed by atoms with E-state index >= 15 is 0 Å². The van der Waals surface area contributed by atoms with Crippen molar-refractivity contribution in [1.29, 1.82) is 0 Å². The number of piperidine rings is 1. The van der Waals surface area contributed by atoms with Crippen molar-refractivity contribution in [3.63, 3.8) is 0 Å². The smallest absolute Gasteiger partial charge is 0.148 e. The molecule has 0 aliphatic carbocycles. The lowest BCUT2D eigenvalue weighted by atomic mass is 9.99. The van der Waals surface area contributed by atoms with Crippen LogP contribution in [-0.4, -0.2) is 45.0 Å². The van der Waals surface area contributed by atoms with Crippen LogP contribution in [0.25, 0.3) is 0 Å². The Bertz CT molecular complexity index is 254. The average Bonchev–Trinajstić information content (AvgIpc) is 2.17. The fourth-order valence-electron chi connectivity index (χ4n) is 1.58. The van der Waals surface area contributed by atoms with Crippen molar-refractivity contribution in [3.8, 4) is 0 Å². The monoisotopic (exact) mass is 249 g/mol. The Morgan fingerprint density at radius 2 is 1.62 bits per heavy atom. The molecule has 98 valence electrons. The van der Waals surface area contributed by atoms with E-state index in [2.05, 4.69) is 25.7 Å². The summed E-state index contributed by atoms with van der Waals surface area (Å²) >= 11 is 0. The lowest BCUT2D eigenvalue weighted by molar-refractivity contribution is 0.202. The first-order chi connectivity index (χ1) is 7.39. The molecule has 0 aromatic rings. The predicted octanol–water partition coefficient (Wildman–Crippen LogP) is 2.18. The second kappa shape index (κ2) is 8.07. The van der Waals surface area contributed by atoms with Crippen LogP contribution in [0.3, 0.4) is 0 Å². The van der Waals surface area contributed by atoms with Gasteiger partial charge in [0.1, 0.15) is 9.84 Å². The zero-order valence-electron chi connectivity index (χ0n) is 11.2. The molecule has 0 aromatic heterocycles. The molecular weight excluding hydrogens is 222 g/mol. The van der Waals surface area contributed by atoms with E-state index in [9.17, 15) is 8.42 Å². The molecule has 0 atom stereocenters. The fraction of sp³-hybridized carbons (Fsp3) is 1.00. The highest BCUT2D eigenvalue weighted by Gasteiger charge is 2.16. The van der Waals surface area contributed by atoms with Crippen LogP contribution in [0, 0.1) is 5.92 Å². The van der Waals surface area contributed by atoms with Crippen LogP contribution in [0.15, 0.2) is 0 Å². The highest BCUT2D eigenvalue weighted by molar-refractivity contribution is 7.90. The summed E-state index contributed by atoms with van der Waals surface area (Å²) in [5, 5.41) is 0. The quantitative estimate of drug-likeness (QED) is 0.769. The molecule has 1 aliphatic heterocycles. The third kappa shape index (κ3) is 9.16. The van der Waals surface area contributed by atoms with Crippen molar-refractivity contribution in [2.24, 2.45) is 5.92 Å². The van der Waals surface area contributed by atoms with Crippen molar-refractivity contribution in [2.75, 3.05) is 31.6 Å². The van der Waals surface area contributed by atoms with Crippen LogP contribution in [0.4, 0.5) is 0 Å². The Hall–Kier alpha value is -0.0900. The fourth-order valence-corrected chi connectivity index (χ4v) is 2.17. The van der Waals surface area contributed by atoms with Gasteiger partial charge in [-0.1, -0.05) is 27.2 Å². The third-order valence-corrected chi connectivity index (χ3v) is 3.58. The molecule has 0 spiro atoms. The van der Waals surface area contributed by atoms with E-state index in [1.54, 1.807) is 0 Å². The van der Waals surface area contributed by atoms with Crippen molar-refractivity contribution in [3.05, 3.63) is 0 Å². The zero-order valence-corrected chi connectivity index (χ0v) is 12.0. The standard InChI is InChI=1S/C9H19NO2S.C3H8/c1-9-3-5-10(6-4-9)7-8-13(2,11)12;1-3-2/h9H,3-8H2,1-2H3;3H2,1-2H3. The van der Waals surface area contributed by atoms with Crippen molar-refractivity contribution in [1.82, 2.24) is 4.90 Å². The molecule has 3 nitrogen and oxygen atoms in total. The molecule has 1 rings (SSSR count). The van der Waals surface area contributed by atoms with E-state index in [4.69, 9.17) is 0 Å². The maximum Gasteiger partial charge on any atom is 0.148 e. The van der Waals surface area contributed by atoms with Gasteiger partial charge >= 0.3 is 0 Å². The Balaban J connectivity index is 0.000000673. The molecular formula is C12H27NO2S. The number of rotatable bonds is 3. The first-order valence-corrected chi connectivity index (χ1v) is 8.35. The van der Waals surface area contributed by atoms with Gasteiger partial charge in [-0.3, -0.25) is 0 Å². The molecule has 0 N–H and O–H groups in total. The summed E-state index contributed by atoms with van der Waals surface area (Å²) in [5.41, 5.74) is 0. The van der Waals surface area contributed by atoms with Gasteiger partial charge in [0.2, 0.25) is 0 Å². The van der Waals surface area contributed by atoms with E-state index < -0.39 is 9.84 Å². The van der Waals surface area contributed by atoms with Gasteiger partial charge in [0.05, 0.1) is 5.75 Å². The molecule has 4 heteroatoms. The van der Waals surface area contributed by atoms with E-state index in [0.29, 0.717) is 12.3 Å². The number of hydrogen-bond donors (Lipinski definition) is 0. The summed E-state index contributed by atoms with van der Waals surface area (Å²) in [5.74, 6) is 1.12. The summed E-state index contributed by atoms with van der Waals surface area (Å²) in [4.78, 5) is 2.25. The van der Waals surface area contributed by atoms with Crippen LogP contribution in [-0.2, 0) is 9.84 Å². The molecule has 0 radical (unpaired) electrons. The van der Waals surface area contributed by atoms with Crippen molar-refractivity contribution >= 4 is 9.84 Å². The number of sulfone groups is 1. The first-order valence-electron chi connectivity index (χ1n) is 6.29. The number of likely N-dealkylation sites (tertiary alicyclic amines) is 1. The van der Waals surface area contributed by atoms with Crippen LogP contribution >= 0.6 is 0 Å². The Morgan fingerprint density at radius 3 is 2.00 bits per heavy atom. The van der Waals surface area contributed by atoms with Gasteiger partial charge < -0.3 is 4.90 Å². The first kappa shape index (κ1) is 15.9. The van der Waals surface area contributed by atoms with Gasteiger partial charge in [0, 0.05) is 12.8 Å². The van der Waals surface area contributed by atoms with Gasteiger partial charge in [-0.05, 0) is 31.8 Å². The lowest BCUT2D eigenvalue weighted by Gasteiger charge is -2.29. The highest BCUT2D eigenvalue weighted by atomic mass is 32.2. The summed E-state index contributed by atoms with van der Waals surface area (Å²) in [6.45, 7) is 9.35. The largest absolute Gasteiger partial charge is 0.302 e. The topological polar surface area (TPSA) is 37.4 Å². The van der Waals surface area contributed by atoms with E-state index in [-0.39, 0.29) is 0 Å². The molecule has 1 heterocycles. The maximum absolute atomic E-state index is 10.9. The minimum absolute atomic E-state index is 0.307. The summed E-state index contributed by atoms with van der Waals surface area (Å²) in [6.07, 6.45) is 4.98. The van der Waals surface area contributed by atoms with Gasteiger partial charge in [-0.25, -0.2) is 8.42 Å². The van der Waals surface area contributed by atoms with Crippen LogP contribution in [0.2, 0.25) is 0 Å². The predicted molar refractivity (Wildman–Crippen MR) is 70.5 cm³/mol. The molecule has 1 aliphatic rings. The minimum Gasteiger partial charge on any atom is -0.302 e. The summed E-state index contributed by atoms with van der Waals surface area (Å²) in [6, 6.07) is 0. The van der Waals surface area contributed by atoms with Crippen molar-refractivity contribution < 1.29 is 8.42 Å². The van der Waals surface area contributed by atoms with Crippen LogP contribution in [0.1, 0.15) is 40.0 Å². The molecule has 1 fully saturated rings. The second-order valence-corrected chi connectivity index (χ2v) is 7.12. The van der Waals surface area contributed by atoms with Gasteiger partial charge in [0.25, 0.3) is 0 Å². The molecule has 0 aromatic carbocycles. The van der Waals surface area contributed by atoms with Gasteiger partial charge in [0.15, 0.2) is 0 Å². The summed E-state index contributed by atoms with van der Waals surface area (Å²) in [7, 11) is -2.78. The van der Waals surface area contributed by atoms with Gasteiger partial charge in [-0.2, -0.15) is 0 Å². The van der Waals surface area contributed by atoms with Crippen LogP contribution < -0.4 is 0 Å². The van der Waals surface area contributed by atoms with E-state index in [1.165, 1.54) is 25.5 Å². The van der Waals surface area contributed by atoms with E-state index in [0.717, 1.165) is 19.0 Å². The second-order valence-electron chi connectivity index (χ2n) is 4.86. The van der Waals surface area contributed by atoms with Crippen LogP contribution in [0.5, 0.6) is 0 Å². The Kier molecular flexibility index (Phi) is 8.02. The summed E-state index contributed by atoms with van der Waals surface area (Å²) < 4.78 is 21.8. The van der Waals surface area contributed by atoms with E-state index in [1.807, 2.05) is 0 Å². The zero-order chi connectivity index (χ0) is 12.6. The highest BCUT2D eigenvalue weighted by Crippen LogP contribution is 2.15. The average molecular weight is 249 g/mol. The Morgan fingerprint density at radius 1 is 1.19 bits per heavy atom.